The van der Waals surface area contributed by atoms with Gasteiger partial charge in [-0.15, -0.1) is 0 Å². The van der Waals surface area contributed by atoms with Gasteiger partial charge in [-0.2, -0.15) is 71.1 Å². The Hall–Kier alpha value is -8.20. The topological polar surface area (TPSA) is 33.6 Å². The van der Waals surface area contributed by atoms with Gasteiger partial charge in [-0.25, -0.2) is 0 Å². The summed E-state index contributed by atoms with van der Waals surface area (Å²) in [5.41, 5.74) is -8.64. The summed E-state index contributed by atoms with van der Waals surface area (Å²) in [5.74, 6) is 0. The molecular formula is C54H26F15N3. The fraction of sp³-hybridized carbons (Fsp3) is 0.0926. The number of halogens is 15. The van der Waals surface area contributed by atoms with E-state index >= 15 is 13.2 Å². The summed E-state index contributed by atoms with van der Waals surface area (Å²) in [6.07, 6.45) is -25.7. The number of benzene rings is 8. The molecule has 10 rings (SSSR count). The quantitative estimate of drug-likeness (QED) is 0.158. The van der Waals surface area contributed by atoms with E-state index < -0.39 is 75.4 Å². The molecule has 0 unspecified atom stereocenters. The molecule has 0 saturated carbocycles. The lowest BCUT2D eigenvalue weighted by Gasteiger charge is -2.22. The minimum atomic E-state index is -5.23. The van der Waals surface area contributed by atoms with Crippen molar-refractivity contribution in [3.8, 4) is 50.8 Å². The molecule has 0 atom stereocenters. The van der Waals surface area contributed by atoms with Crippen LogP contribution in [0.3, 0.4) is 0 Å². The van der Waals surface area contributed by atoms with Gasteiger partial charge in [0.1, 0.15) is 0 Å². The molecule has 0 fully saturated rings. The van der Waals surface area contributed by atoms with E-state index in [4.69, 9.17) is 0 Å². The van der Waals surface area contributed by atoms with Crippen molar-refractivity contribution in [2.75, 3.05) is 0 Å². The fourth-order valence-electron chi connectivity index (χ4n) is 9.46. The zero-order valence-corrected chi connectivity index (χ0v) is 36.0. The Balaban J connectivity index is 1.24. The number of para-hydroxylation sites is 2. The Morgan fingerprint density at radius 2 is 0.778 bits per heavy atom. The molecule has 0 aliphatic rings. The first-order chi connectivity index (χ1) is 33.8. The van der Waals surface area contributed by atoms with Crippen molar-refractivity contribution in [2.24, 2.45) is 0 Å². The minimum absolute atomic E-state index is 0.00370. The Morgan fingerprint density at radius 1 is 0.333 bits per heavy atom. The summed E-state index contributed by atoms with van der Waals surface area (Å²) in [7, 11) is 0. The van der Waals surface area contributed by atoms with Crippen LogP contribution in [0.15, 0.2) is 158 Å². The molecule has 18 heteroatoms. The summed E-state index contributed by atoms with van der Waals surface area (Å²) >= 11 is 0. The van der Waals surface area contributed by atoms with Gasteiger partial charge in [0, 0.05) is 32.7 Å². The maximum atomic E-state index is 15.6. The highest BCUT2D eigenvalue weighted by Crippen LogP contribution is 2.49. The van der Waals surface area contributed by atoms with Crippen molar-refractivity contribution >= 4 is 43.6 Å². The maximum Gasteiger partial charge on any atom is 0.417 e. The van der Waals surface area contributed by atoms with Gasteiger partial charge in [-0.1, -0.05) is 66.7 Å². The summed E-state index contributed by atoms with van der Waals surface area (Å²) in [4.78, 5) is 0. The first-order valence-electron chi connectivity index (χ1n) is 21.2. The Kier molecular flexibility index (Phi) is 10.8. The summed E-state index contributed by atoms with van der Waals surface area (Å²) in [6, 6.07) is 32.2. The van der Waals surface area contributed by atoms with Crippen LogP contribution in [0.1, 0.15) is 33.4 Å². The second-order valence-electron chi connectivity index (χ2n) is 16.7. The molecule has 2 aromatic heterocycles. The van der Waals surface area contributed by atoms with E-state index in [1.54, 1.807) is 53.1 Å². The lowest BCUT2D eigenvalue weighted by atomic mass is 9.93. The monoisotopic (exact) mass is 1000 g/mol. The second-order valence-corrected chi connectivity index (χ2v) is 16.7. The van der Waals surface area contributed by atoms with Crippen LogP contribution >= 0.6 is 0 Å². The van der Waals surface area contributed by atoms with Gasteiger partial charge in [0.2, 0.25) is 0 Å². The van der Waals surface area contributed by atoms with Crippen molar-refractivity contribution in [1.82, 2.24) is 9.13 Å². The lowest BCUT2D eigenvalue weighted by Crippen LogP contribution is -2.12. The first-order valence-corrected chi connectivity index (χ1v) is 21.2. The molecule has 0 bridgehead atoms. The van der Waals surface area contributed by atoms with Crippen LogP contribution in [-0.4, -0.2) is 9.13 Å². The van der Waals surface area contributed by atoms with Crippen molar-refractivity contribution in [3.63, 3.8) is 0 Å². The van der Waals surface area contributed by atoms with Crippen LogP contribution in [-0.2, 0) is 30.9 Å². The van der Waals surface area contributed by atoms with E-state index in [0.717, 1.165) is 12.1 Å². The average Bonchev–Trinajstić information content (AvgIpc) is 3.83. The van der Waals surface area contributed by atoms with Crippen molar-refractivity contribution in [2.45, 2.75) is 30.9 Å². The van der Waals surface area contributed by atoms with Gasteiger partial charge < -0.3 is 9.13 Å². The third-order valence-corrected chi connectivity index (χ3v) is 12.5. The molecule has 362 valence electrons. The molecule has 8 aromatic carbocycles. The van der Waals surface area contributed by atoms with E-state index in [9.17, 15) is 57.9 Å². The highest BCUT2D eigenvalue weighted by molar-refractivity contribution is 6.13. The van der Waals surface area contributed by atoms with Crippen LogP contribution in [0, 0.1) is 11.3 Å². The Morgan fingerprint density at radius 3 is 1.22 bits per heavy atom. The molecule has 72 heavy (non-hydrogen) atoms. The number of nitriles is 1. The minimum Gasteiger partial charge on any atom is -0.309 e. The highest BCUT2D eigenvalue weighted by atomic mass is 19.4. The molecule has 0 N–H and O–H groups in total. The predicted octanol–water partition coefficient (Wildman–Crippen LogP) is 17.8. The number of alkyl halides is 15. The van der Waals surface area contributed by atoms with Gasteiger partial charge in [0.25, 0.3) is 0 Å². The van der Waals surface area contributed by atoms with Gasteiger partial charge in [-0.3, -0.25) is 0 Å². The van der Waals surface area contributed by atoms with Crippen LogP contribution < -0.4 is 0 Å². The van der Waals surface area contributed by atoms with E-state index in [2.05, 4.69) is 0 Å². The van der Waals surface area contributed by atoms with E-state index in [1.807, 2.05) is 6.07 Å². The van der Waals surface area contributed by atoms with Crippen LogP contribution in [0.5, 0.6) is 0 Å². The molecule has 0 amide bonds. The van der Waals surface area contributed by atoms with Crippen molar-refractivity contribution in [1.29, 1.82) is 5.26 Å². The van der Waals surface area contributed by atoms with Crippen LogP contribution in [0.25, 0.3) is 88.4 Å². The zero-order valence-electron chi connectivity index (χ0n) is 36.0. The van der Waals surface area contributed by atoms with E-state index in [1.165, 1.54) is 65.2 Å². The van der Waals surface area contributed by atoms with E-state index in [-0.39, 0.29) is 73.1 Å². The lowest BCUT2D eigenvalue weighted by molar-refractivity contribution is -0.144. The number of aromatic nitrogens is 2. The van der Waals surface area contributed by atoms with Gasteiger partial charge >= 0.3 is 30.9 Å². The third kappa shape index (κ3) is 8.02. The summed E-state index contributed by atoms with van der Waals surface area (Å²) < 4.78 is 218. The normalized spacial score (nSPS) is 12.9. The first kappa shape index (κ1) is 47.5. The molecule has 0 saturated heterocycles. The summed E-state index contributed by atoms with van der Waals surface area (Å²) in [5, 5.41) is 11.4. The van der Waals surface area contributed by atoms with Crippen LogP contribution in [0.4, 0.5) is 65.9 Å². The standard InChI is InChI=1S/C54H26F15N3/c55-50(56,57)31-15-17-33(41(25-31)53(64,65)66)29-13-20-45-37(23-29)35-6-1-3-9-43(35)71(45)47-19-12-28(27-70)22-39(47)49-40(52(61,62)63)8-5-11-48(49)72-44-10-4-2-7-36(44)38-24-30(14-21-46(38)72)34-18-16-32(51(58,59)60)26-42(34)54(67,68)69/h1-26H. The van der Waals surface area contributed by atoms with Gasteiger partial charge in [0.15, 0.2) is 0 Å². The van der Waals surface area contributed by atoms with Crippen molar-refractivity contribution in [3.05, 3.63) is 191 Å². The van der Waals surface area contributed by atoms with Gasteiger partial charge in [0.05, 0.1) is 72.9 Å². The fourth-order valence-corrected chi connectivity index (χ4v) is 9.46. The van der Waals surface area contributed by atoms with Crippen LogP contribution in [0.2, 0.25) is 0 Å². The largest absolute Gasteiger partial charge is 0.417 e. The SMILES string of the molecule is N#Cc1ccc(-n2c3ccccc3c3cc(-c4ccc(C(F)(F)F)cc4C(F)(F)F)ccc32)c(-c2c(-n3c4ccccc4c4cc(-c5ccc(C(F)(F)F)cc5C(F)(F)F)ccc43)cccc2C(F)(F)F)c1. The number of hydrogen-bond donors (Lipinski definition) is 0. The maximum absolute atomic E-state index is 15.6. The molecule has 0 aliphatic heterocycles. The molecule has 0 aliphatic carbocycles. The number of hydrogen-bond acceptors (Lipinski definition) is 1. The average molecular weight is 1000 g/mol. The predicted molar refractivity (Wildman–Crippen MR) is 241 cm³/mol. The number of nitrogens with zero attached hydrogens (tertiary/aromatic N) is 3. The molecule has 2 heterocycles. The van der Waals surface area contributed by atoms with E-state index in [0.29, 0.717) is 40.6 Å². The second kappa shape index (κ2) is 16.4. The van der Waals surface area contributed by atoms with Crippen molar-refractivity contribution < 1.29 is 65.9 Å². The number of fused-ring (bicyclic) bond motifs is 6. The molecule has 0 radical (unpaired) electrons. The highest BCUT2D eigenvalue weighted by Gasteiger charge is 2.41. The number of rotatable bonds is 5. The molecule has 3 nitrogen and oxygen atoms in total. The molecular weight excluding hydrogens is 976 g/mol. The summed E-state index contributed by atoms with van der Waals surface area (Å²) in [6.45, 7) is 0. The smallest absolute Gasteiger partial charge is 0.309 e. The molecule has 10 aromatic rings. The Bertz CT molecular complexity index is 3870. The molecule has 0 spiro atoms. The third-order valence-electron chi connectivity index (χ3n) is 12.5. The zero-order chi connectivity index (χ0) is 51.4. The Labute approximate surface area is 395 Å². The van der Waals surface area contributed by atoms with Gasteiger partial charge in [-0.05, 0) is 113 Å².